The van der Waals surface area contributed by atoms with Crippen LogP contribution in [0.1, 0.15) is 23.7 Å². The maximum absolute atomic E-state index is 13.1. The van der Waals surface area contributed by atoms with Crippen molar-refractivity contribution >= 4 is 56.6 Å². The zero-order valence-electron chi connectivity index (χ0n) is 19.5. The van der Waals surface area contributed by atoms with Gasteiger partial charge in [0.1, 0.15) is 16.5 Å². The Morgan fingerprint density at radius 3 is 2.46 bits per heavy atom. The van der Waals surface area contributed by atoms with Crippen molar-refractivity contribution in [1.29, 1.82) is 0 Å². The Labute approximate surface area is 218 Å². The molecule has 1 aliphatic heterocycles. The molecule has 37 heavy (non-hydrogen) atoms. The van der Waals surface area contributed by atoms with Crippen molar-refractivity contribution in [3.8, 4) is 0 Å². The van der Waals surface area contributed by atoms with Crippen molar-refractivity contribution in [1.82, 2.24) is 4.98 Å². The second-order valence-corrected chi connectivity index (χ2v) is 9.85. The molecule has 2 heterocycles. The molecule has 0 spiro atoms. The lowest BCUT2D eigenvalue weighted by Crippen LogP contribution is -2.32. The lowest BCUT2D eigenvalue weighted by atomic mass is 10.2. The molecule has 0 saturated carbocycles. The molecule has 1 aromatic heterocycles. The molecule has 0 bridgehead atoms. The van der Waals surface area contributed by atoms with Crippen LogP contribution in [0, 0.1) is 0 Å². The molecule has 0 saturated heterocycles. The summed E-state index contributed by atoms with van der Waals surface area (Å²) >= 11 is 6.18. The fourth-order valence-electron chi connectivity index (χ4n) is 3.38. The van der Waals surface area contributed by atoms with Crippen LogP contribution in [0.4, 0.5) is 17.2 Å². The monoisotopic (exact) mass is 540 g/mol. The van der Waals surface area contributed by atoms with Gasteiger partial charge in [-0.15, -0.1) is 0 Å². The Bertz CT molecular complexity index is 1490. The van der Waals surface area contributed by atoms with E-state index >= 15 is 0 Å². The van der Waals surface area contributed by atoms with Gasteiger partial charge in [-0.05, 0) is 61.0 Å². The van der Waals surface area contributed by atoms with E-state index in [4.69, 9.17) is 16.3 Å². The van der Waals surface area contributed by atoms with Crippen molar-refractivity contribution in [2.75, 3.05) is 21.5 Å². The first-order valence-corrected chi connectivity index (χ1v) is 12.9. The molecule has 190 valence electrons. The first kappa shape index (κ1) is 25.9. The minimum absolute atomic E-state index is 0.0361. The second kappa shape index (κ2) is 10.8. The van der Waals surface area contributed by atoms with Crippen molar-refractivity contribution < 1.29 is 27.5 Å². The highest BCUT2D eigenvalue weighted by Gasteiger charge is 2.39. The van der Waals surface area contributed by atoms with Crippen LogP contribution in [0.25, 0.3) is 0 Å². The average Bonchev–Trinajstić information content (AvgIpc) is 3.11. The van der Waals surface area contributed by atoms with E-state index in [1.54, 1.807) is 12.1 Å². The summed E-state index contributed by atoms with van der Waals surface area (Å²) in [5.41, 5.74) is 0.468. The Balaban J connectivity index is 1.50. The topological polar surface area (TPSA) is 135 Å². The van der Waals surface area contributed by atoms with Crippen molar-refractivity contribution in [3.63, 3.8) is 0 Å². The molecule has 0 fully saturated rings. The van der Waals surface area contributed by atoms with Gasteiger partial charge in [0.15, 0.2) is 0 Å². The van der Waals surface area contributed by atoms with E-state index in [1.807, 2.05) is 6.92 Å². The van der Waals surface area contributed by atoms with Gasteiger partial charge in [-0.25, -0.2) is 23.1 Å². The molecular formula is C25H21ClN4O6S. The molecule has 10 nitrogen and oxygen atoms in total. The molecule has 0 radical (unpaired) electrons. The zero-order valence-corrected chi connectivity index (χ0v) is 21.0. The predicted molar refractivity (Wildman–Crippen MR) is 137 cm³/mol. The minimum atomic E-state index is -3.90. The summed E-state index contributed by atoms with van der Waals surface area (Å²) in [6, 6.07) is 16.2. The lowest BCUT2D eigenvalue weighted by Gasteiger charge is -2.16. The second-order valence-electron chi connectivity index (χ2n) is 7.79. The molecule has 1 aliphatic rings. The summed E-state index contributed by atoms with van der Waals surface area (Å²) in [6.45, 7) is 2.10. The maximum Gasteiger partial charge on any atom is 0.338 e. The number of halogens is 1. The van der Waals surface area contributed by atoms with Crippen LogP contribution in [0.2, 0.25) is 0 Å². The van der Waals surface area contributed by atoms with E-state index in [9.17, 15) is 22.8 Å². The van der Waals surface area contributed by atoms with Gasteiger partial charge in [0, 0.05) is 11.9 Å². The van der Waals surface area contributed by atoms with Gasteiger partial charge in [0.25, 0.3) is 21.8 Å². The summed E-state index contributed by atoms with van der Waals surface area (Å²) in [5.74, 6) is -1.91. The molecule has 0 atom stereocenters. The van der Waals surface area contributed by atoms with Crippen LogP contribution < -0.4 is 14.9 Å². The fraction of sp³-hybridized carbons (Fsp3) is 0.120. The third-order valence-corrected chi connectivity index (χ3v) is 6.86. The van der Waals surface area contributed by atoms with Gasteiger partial charge in [-0.1, -0.05) is 30.7 Å². The quantitative estimate of drug-likeness (QED) is 0.308. The number of rotatable bonds is 9. The first-order chi connectivity index (χ1) is 17.7. The molecule has 3 aromatic rings. The number of aromatic nitrogens is 1. The SMILES string of the molecule is CCCOC(=O)c1cccc(N2C(=O)C(Cl)=C(Nc3ccc(S(=O)(=O)Nc4ccccn4)cc3)C2=O)c1. The molecule has 2 N–H and O–H groups in total. The Morgan fingerprint density at radius 1 is 1.03 bits per heavy atom. The fourth-order valence-corrected chi connectivity index (χ4v) is 4.60. The molecular weight excluding hydrogens is 520 g/mol. The highest BCUT2D eigenvalue weighted by Crippen LogP contribution is 2.31. The third-order valence-electron chi connectivity index (χ3n) is 5.14. The molecule has 12 heteroatoms. The van der Waals surface area contributed by atoms with Crippen LogP contribution in [-0.2, 0) is 24.3 Å². The van der Waals surface area contributed by atoms with E-state index in [1.165, 1.54) is 60.8 Å². The third kappa shape index (κ3) is 5.63. The van der Waals surface area contributed by atoms with Crippen LogP contribution >= 0.6 is 11.6 Å². The number of esters is 1. The number of hydrogen-bond acceptors (Lipinski definition) is 8. The summed E-state index contributed by atoms with van der Waals surface area (Å²) in [7, 11) is -3.90. The normalized spacial score (nSPS) is 13.6. The molecule has 2 aromatic carbocycles. The largest absolute Gasteiger partial charge is 0.462 e. The van der Waals surface area contributed by atoms with E-state index in [-0.39, 0.29) is 39.3 Å². The van der Waals surface area contributed by atoms with Crippen LogP contribution in [0.3, 0.4) is 0 Å². The number of pyridine rings is 1. The smallest absolute Gasteiger partial charge is 0.338 e. The van der Waals surface area contributed by atoms with E-state index in [2.05, 4.69) is 15.0 Å². The number of benzene rings is 2. The van der Waals surface area contributed by atoms with Gasteiger partial charge < -0.3 is 10.1 Å². The number of sulfonamides is 1. The summed E-state index contributed by atoms with van der Waals surface area (Å²) < 4.78 is 32.7. The number of carbonyl (C=O) groups is 3. The number of nitrogens with one attached hydrogen (secondary N) is 2. The number of amides is 2. The van der Waals surface area contributed by atoms with Crippen LogP contribution in [-0.4, -0.2) is 37.8 Å². The molecule has 0 unspecified atom stereocenters. The standard InChI is InChI=1S/C25H21ClN4O6S/c1-2-14-36-25(33)16-6-5-7-18(15-16)30-23(31)21(26)22(24(30)32)28-17-9-11-19(12-10-17)37(34,35)29-20-8-3-4-13-27-20/h3-13,15,28H,2,14H2,1H3,(H,27,29). The Kier molecular flexibility index (Phi) is 7.55. The van der Waals surface area contributed by atoms with Crippen molar-refractivity contribution in [2.45, 2.75) is 18.2 Å². The Hall–Kier alpha value is -4.22. The van der Waals surface area contributed by atoms with Gasteiger partial charge in [0.2, 0.25) is 0 Å². The number of imide groups is 1. The number of ether oxygens (including phenoxy) is 1. The Morgan fingerprint density at radius 2 is 1.78 bits per heavy atom. The van der Waals surface area contributed by atoms with Crippen molar-refractivity contribution in [3.05, 3.63) is 89.2 Å². The lowest BCUT2D eigenvalue weighted by molar-refractivity contribution is -0.120. The summed E-state index contributed by atoms with van der Waals surface area (Å²) in [6.07, 6.45) is 2.11. The predicted octanol–water partition coefficient (Wildman–Crippen LogP) is 3.88. The number of hydrogen-bond donors (Lipinski definition) is 2. The minimum Gasteiger partial charge on any atom is -0.462 e. The molecule has 0 aliphatic carbocycles. The number of carbonyl (C=O) groups excluding carboxylic acids is 3. The highest BCUT2D eigenvalue weighted by atomic mass is 35.5. The van der Waals surface area contributed by atoms with E-state index in [0.29, 0.717) is 12.1 Å². The van der Waals surface area contributed by atoms with E-state index < -0.39 is 27.8 Å². The zero-order chi connectivity index (χ0) is 26.6. The molecule has 4 rings (SSSR count). The van der Waals surface area contributed by atoms with Gasteiger partial charge in [-0.2, -0.15) is 0 Å². The van der Waals surface area contributed by atoms with Gasteiger partial charge in [0.05, 0.1) is 22.8 Å². The number of anilines is 3. The highest BCUT2D eigenvalue weighted by molar-refractivity contribution is 7.92. The van der Waals surface area contributed by atoms with Crippen LogP contribution in [0.15, 0.2) is 88.6 Å². The van der Waals surface area contributed by atoms with E-state index in [0.717, 1.165) is 4.90 Å². The van der Waals surface area contributed by atoms with Gasteiger partial charge >= 0.3 is 5.97 Å². The summed E-state index contributed by atoms with van der Waals surface area (Å²) in [4.78, 5) is 42.8. The summed E-state index contributed by atoms with van der Waals surface area (Å²) in [5, 5.41) is 2.43. The van der Waals surface area contributed by atoms with Gasteiger partial charge in [-0.3, -0.25) is 14.3 Å². The average molecular weight is 541 g/mol. The van der Waals surface area contributed by atoms with Crippen molar-refractivity contribution in [2.24, 2.45) is 0 Å². The first-order valence-electron chi connectivity index (χ1n) is 11.1. The van der Waals surface area contributed by atoms with Crippen LogP contribution in [0.5, 0.6) is 0 Å². The number of nitrogens with zero attached hydrogens (tertiary/aromatic N) is 2. The molecule has 2 amide bonds. The maximum atomic E-state index is 13.1.